The number of nitrogens with zero attached hydrogens (tertiary/aromatic N) is 3. The number of carbonyl (C=O) groups is 1. The van der Waals surface area contributed by atoms with Crippen molar-refractivity contribution in [1.29, 1.82) is 0 Å². The van der Waals surface area contributed by atoms with Crippen molar-refractivity contribution in [2.24, 2.45) is 0 Å². The second kappa shape index (κ2) is 5.60. The standard InChI is InChI=1S/C17H18N4O/c1-11-6-4-5-7-14(11)9-19-17(22)15-10-18-16-8-12(2)20-21(16)13(15)3/h4-8,10H,9H2,1-3H3,(H,19,22). The van der Waals surface area contributed by atoms with E-state index in [1.54, 1.807) is 10.7 Å². The molecule has 0 bridgehead atoms. The fraction of sp³-hybridized carbons (Fsp3) is 0.235. The van der Waals surface area contributed by atoms with E-state index in [0.717, 1.165) is 28.2 Å². The second-order valence-electron chi connectivity index (χ2n) is 5.42. The maximum atomic E-state index is 12.4. The molecular weight excluding hydrogens is 276 g/mol. The molecular formula is C17H18N4O. The lowest BCUT2D eigenvalue weighted by Crippen LogP contribution is -2.25. The fourth-order valence-corrected chi connectivity index (χ4v) is 2.46. The molecule has 0 saturated heterocycles. The predicted molar refractivity (Wildman–Crippen MR) is 84.8 cm³/mol. The zero-order valence-corrected chi connectivity index (χ0v) is 12.9. The number of rotatable bonds is 3. The molecule has 0 atom stereocenters. The van der Waals surface area contributed by atoms with Crippen LogP contribution in [0.15, 0.2) is 36.5 Å². The maximum Gasteiger partial charge on any atom is 0.254 e. The van der Waals surface area contributed by atoms with Crippen LogP contribution in [0.1, 0.15) is 32.9 Å². The third kappa shape index (κ3) is 2.57. The molecule has 0 aliphatic heterocycles. The summed E-state index contributed by atoms with van der Waals surface area (Å²) in [5.41, 5.74) is 5.25. The van der Waals surface area contributed by atoms with E-state index in [9.17, 15) is 4.79 Å². The number of nitrogens with one attached hydrogen (secondary N) is 1. The van der Waals surface area contributed by atoms with Crippen LogP contribution >= 0.6 is 0 Å². The number of hydrogen-bond acceptors (Lipinski definition) is 3. The van der Waals surface area contributed by atoms with Crippen LogP contribution in [0.5, 0.6) is 0 Å². The van der Waals surface area contributed by atoms with Gasteiger partial charge in [0.1, 0.15) is 0 Å². The van der Waals surface area contributed by atoms with Crippen LogP contribution in [0.3, 0.4) is 0 Å². The van der Waals surface area contributed by atoms with Gasteiger partial charge in [-0.3, -0.25) is 4.79 Å². The van der Waals surface area contributed by atoms with Gasteiger partial charge in [0.25, 0.3) is 5.91 Å². The lowest BCUT2D eigenvalue weighted by Gasteiger charge is -2.10. The first-order valence-electron chi connectivity index (χ1n) is 7.21. The molecule has 0 aliphatic carbocycles. The van der Waals surface area contributed by atoms with Crippen molar-refractivity contribution in [2.45, 2.75) is 27.3 Å². The third-order valence-electron chi connectivity index (χ3n) is 3.79. The number of carbonyl (C=O) groups excluding carboxylic acids is 1. The van der Waals surface area contributed by atoms with E-state index in [0.29, 0.717) is 12.1 Å². The highest BCUT2D eigenvalue weighted by atomic mass is 16.1. The Morgan fingerprint density at radius 1 is 1.23 bits per heavy atom. The molecule has 0 spiro atoms. The number of amides is 1. The molecule has 1 aromatic carbocycles. The minimum Gasteiger partial charge on any atom is -0.348 e. The quantitative estimate of drug-likeness (QED) is 0.807. The van der Waals surface area contributed by atoms with Crippen molar-refractivity contribution < 1.29 is 4.79 Å². The Balaban J connectivity index is 1.83. The Morgan fingerprint density at radius 3 is 2.77 bits per heavy atom. The number of aryl methyl sites for hydroxylation is 3. The highest BCUT2D eigenvalue weighted by Crippen LogP contribution is 2.12. The zero-order chi connectivity index (χ0) is 15.7. The molecule has 5 nitrogen and oxygen atoms in total. The Morgan fingerprint density at radius 2 is 2.00 bits per heavy atom. The van der Waals surface area contributed by atoms with Gasteiger partial charge >= 0.3 is 0 Å². The number of fused-ring (bicyclic) bond motifs is 1. The Labute approximate surface area is 129 Å². The topological polar surface area (TPSA) is 59.3 Å². The highest BCUT2D eigenvalue weighted by molar-refractivity contribution is 5.95. The largest absolute Gasteiger partial charge is 0.348 e. The lowest BCUT2D eigenvalue weighted by atomic mass is 10.1. The number of benzene rings is 1. The third-order valence-corrected chi connectivity index (χ3v) is 3.79. The van der Waals surface area contributed by atoms with Gasteiger partial charge in [0.15, 0.2) is 5.65 Å². The maximum absolute atomic E-state index is 12.4. The van der Waals surface area contributed by atoms with Crippen LogP contribution < -0.4 is 5.32 Å². The molecule has 0 aliphatic rings. The van der Waals surface area contributed by atoms with Gasteiger partial charge in [0.05, 0.1) is 17.0 Å². The van der Waals surface area contributed by atoms with E-state index >= 15 is 0 Å². The van der Waals surface area contributed by atoms with E-state index in [4.69, 9.17) is 0 Å². The molecule has 2 heterocycles. The van der Waals surface area contributed by atoms with Crippen molar-refractivity contribution in [2.75, 3.05) is 0 Å². The summed E-state index contributed by atoms with van der Waals surface area (Å²) in [6.07, 6.45) is 1.61. The molecule has 22 heavy (non-hydrogen) atoms. The second-order valence-corrected chi connectivity index (χ2v) is 5.42. The fourth-order valence-electron chi connectivity index (χ4n) is 2.46. The normalized spacial score (nSPS) is 10.9. The van der Waals surface area contributed by atoms with Crippen molar-refractivity contribution in [1.82, 2.24) is 19.9 Å². The van der Waals surface area contributed by atoms with Gasteiger partial charge in [-0.1, -0.05) is 24.3 Å². The first kappa shape index (κ1) is 14.3. The lowest BCUT2D eigenvalue weighted by molar-refractivity contribution is 0.0949. The molecule has 1 amide bonds. The number of hydrogen-bond donors (Lipinski definition) is 1. The predicted octanol–water partition coefficient (Wildman–Crippen LogP) is 2.58. The summed E-state index contributed by atoms with van der Waals surface area (Å²) in [5, 5.41) is 7.31. The average molecular weight is 294 g/mol. The summed E-state index contributed by atoms with van der Waals surface area (Å²) >= 11 is 0. The van der Waals surface area contributed by atoms with E-state index in [2.05, 4.69) is 15.4 Å². The summed E-state index contributed by atoms with van der Waals surface area (Å²) in [6, 6.07) is 9.90. The molecule has 0 saturated carbocycles. The van der Waals surface area contributed by atoms with Crippen molar-refractivity contribution in [3.05, 3.63) is 64.6 Å². The summed E-state index contributed by atoms with van der Waals surface area (Å²) in [4.78, 5) is 16.7. The summed E-state index contributed by atoms with van der Waals surface area (Å²) < 4.78 is 1.71. The Kier molecular flexibility index (Phi) is 3.63. The Bertz CT molecular complexity index is 851. The molecule has 0 radical (unpaired) electrons. The van der Waals surface area contributed by atoms with E-state index < -0.39 is 0 Å². The summed E-state index contributed by atoms with van der Waals surface area (Å²) in [6.45, 7) is 6.32. The van der Waals surface area contributed by atoms with Crippen molar-refractivity contribution in [3.8, 4) is 0 Å². The molecule has 0 unspecified atom stereocenters. The van der Waals surface area contributed by atoms with Gasteiger partial charge in [-0.2, -0.15) is 5.10 Å². The van der Waals surface area contributed by atoms with Crippen LogP contribution in [-0.2, 0) is 6.54 Å². The van der Waals surface area contributed by atoms with Crippen LogP contribution in [0, 0.1) is 20.8 Å². The van der Waals surface area contributed by atoms with Gasteiger partial charge in [0.2, 0.25) is 0 Å². The van der Waals surface area contributed by atoms with E-state index in [1.165, 1.54) is 0 Å². The monoisotopic (exact) mass is 294 g/mol. The van der Waals surface area contributed by atoms with Crippen LogP contribution in [-0.4, -0.2) is 20.5 Å². The van der Waals surface area contributed by atoms with Gasteiger partial charge < -0.3 is 5.32 Å². The van der Waals surface area contributed by atoms with Gasteiger partial charge in [0, 0.05) is 18.8 Å². The van der Waals surface area contributed by atoms with Crippen LogP contribution in [0.2, 0.25) is 0 Å². The summed E-state index contributed by atoms with van der Waals surface area (Å²) in [7, 11) is 0. The van der Waals surface area contributed by atoms with E-state index in [1.807, 2.05) is 51.1 Å². The molecule has 1 N–H and O–H groups in total. The smallest absolute Gasteiger partial charge is 0.254 e. The molecule has 3 rings (SSSR count). The van der Waals surface area contributed by atoms with Gasteiger partial charge in [-0.15, -0.1) is 0 Å². The Hall–Kier alpha value is -2.69. The summed E-state index contributed by atoms with van der Waals surface area (Å²) in [5.74, 6) is -0.136. The van der Waals surface area contributed by atoms with Crippen molar-refractivity contribution >= 4 is 11.6 Å². The van der Waals surface area contributed by atoms with Crippen LogP contribution in [0.4, 0.5) is 0 Å². The van der Waals surface area contributed by atoms with Gasteiger partial charge in [-0.05, 0) is 31.9 Å². The average Bonchev–Trinajstić information content (AvgIpc) is 2.88. The molecule has 5 heteroatoms. The first-order valence-corrected chi connectivity index (χ1v) is 7.21. The minimum atomic E-state index is -0.136. The molecule has 0 fully saturated rings. The molecule has 3 aromatic rings. The van der Waals surface area contributed by atoms with E-state index in [-0.39, 0.29) is 5.91 Å². The first-order chi connectivity index (χ1) is 10.6. The zero-order valence-electron chi connectivity index (χ0n) is 12.9. The van der Waals surface area contributed by atoms with Crippen LogP contribution in [0.25, 0.3) is 5.65 Å². The minimum absolute atomic E-state index is 0.136. The number of aromatic nitrogens is 3. The van der Waals surface area contributed by atoms with Crippen molar-refractivity contribution in [3.63, 3.8) is 0 Å². The highest BCUT2D eigenvalue weighted by Gasteiger charge is 2.13. The molecule has 112 valence electrons. The molecule has 2 aromatic heterocycles. The SMILES string of the molecule is Cc1cc2ncc(C(=O)NCc3ccccc3C)c(C)n2n1. The van der Waals surface area contributed by atoms with Gasteiger partial charge in [-0.25, -0.2) is 9.50 Å².